The van der Waals surface area contributed by atoms with Gasteiger partial charge in [-0.3, -0.25) is 4.79 Å². The molecular formula is C18H22F2N2O5S. The molecule has 0 saturated carbocycles. The summed E-state index contributed by atoms with van der Waals surface area (Å²) in [6.45, 7) is 1.11. The maximum Gasteiger partial charge on any atom is 0.387 e. The molecule has 1 aromatic carbocycles. The van der Waals surface area contributed by atoms with Gasteiger partial charge in [-0.1, -0.05) is 19.9 Å². The summed E-state index contributed by atoms with van der Waals surface area (Å²) in [5.41, 5.74) is 0.156. The molecule has 0 bridgehead atoms. The van der Waals surface area contributed by atoms with Gasteiger partial charge in [0, 0.05) is 25.4 Å². The van der Waals surface area contributed by atoms with Crippen LogP contribution in [0.5, 0.6) is 11.5 Å². The van der Waals surface area contributed by atoms with Crippen LogP contribution in [0.25, 0.3) is 0 Å². The third kappa shape index (κ3) is 4.87. The number of hydrogen-bond donors (Lipinski definition) is 0. The minimum atomic E-state index is -3.72. The van der Waals surface area contributed by atoms with Crippen molar-refractivity contribution >= 4 is 10.0 Å². The first-order chi connectivity index (χ1) is 13.2. The molecule has 0 aliphatic rings. The molecule has 0 unspecified atom stereocenters. The van der Waals surface area contributed by atoms with Gasteiger partial charge in [-0.2, -0.15) is 13.1 Å². The molecule has 154 valence electrons. The highest BCUT2D eigenvalue weighted by atomic mass is 32.2. The monoisotopic (exact) mass is 416 g/mol. The highest BCUT2D eigenvalue weighted by molar-refractivity contribution is 7.89. The SMILES string of the molecule is CCN(CC)S(=O)(=O)c1ccc(=O)n(Cc2ccc(OC(F)F)c(OC)c2)c1. The lowest BCUT2D eigenvalue weighted by atomic mass is 10.2. The molecule has 0 saturated heterocycles. The van der Waals surface area contributed by atoms with Crippen molar-refractivity contribution in [1.82, 2.24) is 8.87 Å². The Balaban J connectivity index is 2.38. The van der Waals surface area contributed by atoms with Crippen LogP contribution in [0, 0.1) is 0 Å². The smallest absolute Gasteiger partial charge is 0.387 e. The van der Waals surface area contributed by atoms with Crippen molar-refractivity contribution in [2.24, 2.45) is 0 Å². The van der Waals surface area contributed by atoms with E-state index in [1.54, 1.807) is 13.8 Å². The van der Waals surface area contributed by atoms with E-state index >= 15 is 0 Å². The zero-order valence-electron chi connectivity index (χ0n) is 15.8. The lowest BCUT2D eigenvalue weighted by Gasteiger charge is -2.19. The number of ether oxygens (including phenoxy) is 2. The Hall–Kier alpha value is -2.46. The first-order valence-electron chi connectivity index (χ1n) is 8.55. The minimum Gasteiger partial charge on any atom is -0.493 e. The predicted molar refractivity (Wildman–Crippen MR) is 99.5 cm³/mol. The second kappa shape index (κ2) is 9.16. The van der Waals surface area contributed by atoms with Crippen LogP contribution in [0.2, 0.25) is 0 Å². The van der Waals surface area contributed by atoms with Crippen LogP contribution in [0.1, 0.15) is 19.4 Å². The number of rotatable bonds is 9. The lowest BCUT2D eigenvalue weighted by molar-refractivity contribution is -0.0512. The molecule has 0 N–H and O–H groups in total. The van der Waals surface area contributed by atoms with Crippen molar-refractivity contribution < 1.29 is 26.7 Å². The molecule has 0 aliphatic heterocycles. The molecule has 0 amide bonds. The quantitative estimate of drug-likeness (QED) is 0.628. The van der Waals surface area contributed by atoms with Crippen LogP contribution in [-0.2, 0) is 16.6 Å². The summed E-state index contributed by atoms with van der Waals surface area (Å²) in [6.07, 6.45) is 1.27. The van der Waals surface area contributed by atoms with Gasteiger partial charge in [-0.25, -0.2) is 8.42 Å². The van der Waals surface area contributed by atoms with Crippen molar-refractivity contribution in [2.45, 2.75) is 31.9 Å². The van der Waals surface area contributed by atoms with Crippen LogP contribution in [0.15, 0.2) is 46.2 Å². The van der Waals surface area contributed by atoms with Gasteiger partial charge in [0.05, 0.1) is 18.6 Å². The summed E-state index contributed by atoms with van der Waals surface area (Å²) in [7, 11) is -2.41. The number of methoxy groups -OCH3 is 1. The molecule has 7 nitrogen and oxygen atoms in total. The standard InChI is InChI=1S/C18H22F2N2O5S/c1-4-22(5-2)28(24,25)14-7-9-17(23)21(12-14)11-13-6-8-15(27-18(19)20)16(10-13)26-3/h6-10,12,18H,4-5,11H2,1-3H3. The Bertz CT molecular complexity index is 972. The molecule has 0 spiro atoms. The average Bonchev–Trinajstić information content (AvgIpc) is 2.64. The fourth-order valence-corrected chi connectivity index (χ4v) is 4.18. The van der Waals surface area contributed by atoms with Crippen LogP contribution < -0.4 is 15.0 Å². The average molecular weight is 416 g/mol. The Kier molecular flexibility index (Phi) is 7.14. The van der Waals surface area contributed by atoms with Crippen LogP contribution in [-0.4, -0.2) is 44.1 Å². The van der Waals surface area contributed by atoms with Crippen molar-refractivity contribution in [3.63, 3.8) is 0 Å². The van der Waals surface area contributed by atoms with Crippen molar-refractivity contribution in [3.05, 3.63) is 52.4 Å². The number of halogens is 2. The second-order valence-corrected chi connectivity index (χ2v) is 7.72. The zero-order valence-corrected chi connectivity index (χ0v) is 16.6. The Morgan fingerprint density at radius 2 is 1.79 bits per heavy atom. The lowest BCUT2D eigenvalue weighted by Crippen LogP contribution is -2.32. The third-order valence-electron chi connectivity index (χ3n) is 4.10. The summed E-state index contributed by atoms with van der Waals surface area (Å²) in [5, 5.41) is 0. The molecule has 1 aromatic heterocycles. The first kappa shape index (κ1) is 21.8. The number of nitrogens with zero attached hydrogens (tertiary/aromatic N) is 2. The van der Waals surface area contributed by atoms with E-state index in [-0.39, 0.29) is 22.9 Å². The maximum absolute atomic E-state index is 12.7. The Morgan fingerprint density at radius 1 is 1.11 bits per heavy atom. The molecule has 0 fully saturated rings. The van der Waals surface area contributed by atoms with Gasteiger partial charge in [0.2, 0.25) is 10.0 Å². The second-order valence-electron chi connectivity index (χ2n) is 5.78. The number of aromatic nitrogens is 1. The van der Waals surface area contributed by atoms with E-state index in [0.717, 1.165) is 0 Å². The highest BCUT2D eigenvalue weighted by Gasteiger charge is 2.22. The number of hydrogen-bond acceptors (Lipinski definition) is 5. The summed E-state index contributed by atoms with van der Waals surface area (Å²) in [6, 6.07) is 6.71. The van der Waals surface area contributed by atoms with E-state index < -0.39 is 22.2 Å². The molecular weight excluding hydrogens is 394 g/mol. The number of sulfonamides is 1. The van der Waals surface area contributed by atoms with E-state index in [9.17, 15) is 22.0 Å². The molecule has 10 heteroatoms. The first-order valence-corrected chi connectivity index (χ1v) is 9.99. The molecule has 28 heavy (non-hydrogen) atoms. The molecule has 1 heterocycles. The topological polar surface area (TPSA) is 77.8 Å². The number of pyridine rings is 1. The van der Waals surface area contributed by atoms with E-state index in [0.29, 0.717) is 18.7 Å². The van der Waals surface area contributed by atoms with Crippen LogP contribution in [0.4, 0.5) is 8.78 Å². The van der Waals surface area contributed by atoms with Gasteiger partial charge in [0.25, 0.3) is 5.56 Å². The van der Waals surface area contributed by atoms with Gasteiger partial charge in [-0.05, 0) is 23.8 Å². The van der Waals surface area contributed by atoms with Crippen LogP contribution in [0.3, 0.4) is 0 Å². The fourth-order valence-electron chi connectivity index (χ4n) is 2.70. The van der Waals surface area contributed by atoms with Crippen molar-refractivity contribution in [1.29, 1.82) is 0 Å². The fraction of sp³-hybridized carbons (Fsp3) is 0.389. The molecule has 2 rings (SSSR count). The Morgan fingerprint density at radius 3 is 2.36 bits per heavy atom. The van der Waals surface area contributed by atoms with Crippen molar-refractivity contribution in [3.8, 4) is 11.5 Å². The van der Waals surface area contributed by atoms with E-state index in [1.807, 2.05) is 0 Å². The summed E-state index contributed by atoms with van der Waals surface area (Å²) in [4.78, 5) is 12.2. The number of benzene rings is 1. The molecule has 2 aromatic rings. The van der Waals surface area contributed by atoms with Gasteiger partial charge >= 0.3 is 6.61 Å². The van der Waals surface area contributed by atoms with E-state index in [2.05, 4.69) is 4.74 Å². The Labute approximate surface area is 162 Å². The summed E-state index contributed by atoms with van der Waals surface area (Å²) in [5.74, 6) is -0.0516. The minimum absolute atomic E-state index is 0.000388. The van der Waals surface area contributed by atoms with Gasteiger partial charge in [-0.15, -0.1) is 0 Å². The third-order valence-corrected chi connectivity index (χ3v) is 6.13. The number of alkyl halides is 2. The molecule has 0 atom stereocenters. The van der Waals surface area contributed by atoms with E-state index in [4.69, 9.17) is 4.74 Å². The van der Waals surface area contributed by atoms with Crippen molar-refractivity contribution in [2.75, 3.05) is 20.2 Å². The largest absolute Gasteiger partial charge is 0.493 e. The molecule has 0 radical (unpaired) electrons. The molecule has 0 aliphatic carbocycles. The summed E-state index contributed by atoms with van der Waals surface area (Å²) >= 11 is 0. The van der Waals surface area contributed by atoms with Gasteiger partial charge < -0.3 is 14.0 Å². The van der Waals surface area contributed by atoms with E-state index in [1.165, 1.54) is 52.5 Å². The zero-order chi connectivity index (χ0) is 20.9. The van der Waals surface area contributed by atoms with Gasteiger partial charge in [0.1, 0.15) is 0 Å². The predicted octanol–water partition coefficient (Wildman–Crippen LogP) is 2.54. The van der Waals surface area contributed by atoms with Gasteiger partial charge in [0.15, 0.2) is 11.5 Å². The highest BCUT2D eigenvalue weighted by Crippen LogP contribution is 2.29. The summed E-state index contributed by atoms with van der Waals surface area (Å²) < 4.78 is 62.1. The van der Waals surface area contributed by atoms with Crippen LogP contribution >= 0.6 is 0 Å². The normalized spacial score (nSPS) is 11.8. The maximum atomic E-state index is 12.7.